The molecule has 0 fully saturated rings. The number of nitrogens with zero attached hydrogens (tertiary/aromatic N) is 2. The molecule has 0 aliphatic carbocycles. The van der Waals surface area contributed by atoms with Gasteiger partial charge in [-0.1, -0.05) is 11.6 Å². The minimum absolute atomic E-state index is 0.125. The first-order valence-corrected chi connectivity index (χ1v) is 9.29. The lowest BCUT2D eigenvalue weighted by Gasteiger charge is -2.16. The standard InChI is InChI=1S/C21H19ClFN3O3/c1-13-18(10-11-27)21(29)26(20(24-13)14-2-6-16(23)7-3-14)12-19(28)25-17-8-4-15(22)5-9-17/h2-9,27H,10-12H2,1H3,(H,25,28). The second-order valence-electron chi connectivity index (χ2n) is 6.43. The predicted octanol–water partition coefficient (Wildman–Crippen LogP) is 3.18. The van der Waals surface area contributed by atoms with E-state index in [0.717, 1.165) is 0 Å². The Kier molecular flexibility index (Phi) is 6.41. The Morgan fingerprint density at radius 2 is 1.83 bits per heavy atom. The Balaban J connectivity index is 2.01. The molecule has 1 heterocycles. The number of hydrogen-bond acceptors (Lipinski definition) is 4. The number of carbonyl (C=O) groups excluding carboxylic acids is 1. The number of nitrogens with one attached hydrogen (secondary N) is 1. The minimum Gasteiger partial charge on any atom is -0.396 e. The summed E-state index contributed by atoms with van der Waals surface area (Å²) in [5, 5.41) is 12.5. The van der Waals surface area contributed by atoms with E-state index in [1.54, 1.807) is 31.2 Å². The average Bonchev–Trinajstić information content (AvgIpc) is 2.69. The smallest absolute Gasteiger partial charge is 0.257 e. The Labute approximate surface area is 171 Å². The molecule has 29 heavy (non-hydrogen) atoms. The van der Waals surface area contributed by atoms with Crippen molar-refractivity contribution >= 4 is 23.2 Å². The summed E-state index contributed by atoms with van der Waals surface area (Å²) >= 11 is 5.85. The highest BCUT2D eigenvalue weighted by molar-refractivity contribution is 6.30. The lowest BCUT2D eigenvalue weighted by atomic mass is 10.1. The van der Waals surface area contributed by atoms with Crippen molar-refractivity contribution in [2.24, 2.45) is 0 Å². The number of aliphatic hydroxyl groups is 1. The first kappa shape index (κ1) is 20.7. The van der Waals surface area contributed by atoms with E-state index < -0.39 is 17.3 Å². The molecule has 3 aromatic rings. The molecule has 0 saturated heterocycles. The van der Waals surface area contributed by atoms with E-state index in [9.17, 15) is 19.1 Å². The van der Waals surface area contributed by atoms with Gasteiger partial charge in [-0.15, -0.1) is 0 Å². The number of aromatic nitrogens is 2. The molecule has 1 aromatic heterocycles. The van der Waals surface area contributed by atoms with Crippen LogP contribution in [0.4, 0.5) is 10.1 Å². The van der Waals surface area contributed by atoms with E-state index in [1.807, 2.05) is 0 Å². The zero-order chi connectivity index (χ0) is 21.0. The molecule has 1 amide bonds. The SMILES string of the molecule is Cc1nc(-c2ccc(F)cc2)n(CC(=O)Nc2ccc(Cl)cc2)c(=O)c1CCO. The summed E-state index contributed by atoms with van der Waals surface area (Å²) in [6, 6.07) is 12.1. The topological polar surface area (TPSA) is 84.2 Å². The van der Waals surface area contributed by atoms with E-state index in [1.165, 1.54) is 28.8 Å². The third-order valence-corrected chi connectivity index (χ3v) is 4.62. The van der Waals surface area contributed by atoms with Crippen molar-refractivity contribution in [1.82, 2.24) is 9.55 Å². The number of hydrogen-bond donors (Lipinski definition) is 2. The Bertz CT molecular complexity index is 1080. The minimum atomic E-state index is -0.432. The van der Waals surface area contributed by atoms with Crippen molar-refractivity contribution < 1.29 is 14.3 Å². The Morgan fingerprint density at radius 1 is 1.17 bits per heavy atom. The monoisotopic (exact) mass is 415 g/mol. The molecule has 0 aliphatic rings. The van der Waals surface area contributed by atoms with E-state index in [4.69, 9.17) is 11.6 Å². The summed E-state index contributed by atoms with van der Waals surface area (Å²) < 4.78 is 14.5. The molecule has 3 rings (SSSR count). The molecule has 150 valence electrons. The van der Waals surface area contributed by atoms with Crippen LogP contribution in [0.15, 0.2) is 53.3 Å². The summed E-state index contributed by atoms with van der Waals surface area (Å²) in [5.74, 6) is -0.601. The number of aryl methyl sites for hydroxylation is 1. The summed E-state index contributed by atoms with van der Waals surface area (Å²) in [6.45, 7) is 1.15. The summed E-state index contributed by atoms with van der Waals surface area (Å²) in [4.78, 5) is 30.0. The quantitative estimate of drug-likeness (QED) is 0.647. The van der Waals surface area contributed by atoms with Gasteiger partial charge in [0.25, 0.3) is 5.56 Å². The Hall–Kier alpha value is -3.03. The van der Waals surface area contributed by atoms with Gasteiger partial charge in [0.15, 0.2) is 0 Å². The molecule has 0 atom stereocenters. The van der Waals surface area contributed by atoms with Gasteiger partial charge in [-0.25, -0.2) is 9.37 Å². The van der Waals surface area contributed by atoms with Gasteiger partial charge in [-0.2, -0.15) is 0 Å². The van der Waals surface area contributed by atoms with E-state index in [-0.39, 0.29) is 25.4 Å². The van der Waals surface area contributed by atoms with Gasteiger partial charge in [-0.05, 0) is 55.5 Å². The molecule has 2 N–H and O–H groups in total. The van der Waals surface area contributed by atoms with E-state index >= 15 is 0 Å². The van der Waals surface area contributed by atoms with Crippen molar-refractivity contribution in [2.45, 2.75) is 19.9 Å². The lowest BCUT2D eigenvalue weighted by Crippen LogP contribution is -2.33. The molecule has 8 heteroatoms. The zero-order valence-electron chi connectivity index (χ0n) is 15.7. The van der Waals surface area contributed by atoms with Crippen molar-refractivity contribution in [2.75, 3.05) is 11.9 Å². The van der Waals surface area contributed by atoms with Gasteiger partial charge in [0.1, 0.15) is 18.2 Å². The summed E-state index contributed by atoms with van der Waals surface area (Å²) in [5.41, 5.74) is 1.40. The van der Waals surface area contributed by atoms with Gasteiger partial charge in [0.05, 0.1) is 0 Å². The molecular weight excluding hydrogens is 397 g/mol. The fourth-order valence-electron chi connectivity index (χ4n) is 2.94. The van der Waals surface area contributed by atoms with Crippen LogP contribution in [-0.2, 0) is 17.8 Å². The normalized spacial score (nSPS) is 10.8. The number of benzene rings is 2. The first-order chi connectivity index (χ1) is 13.9. The maximum Gasteiger partial charge on any atom is 0.257 e. The van der Waals surface area contributed by atoms with Crippen molar-refractivity contribution in [3.05, 3.63) is 81.0 Å². The number of anilines is 1. The molecule has 0 unspecified atom stereocenters. The van der Waals surface area contributed by atoms with Crippen LogP contribution in [-0.4, -0.2) is 27.2 Å². The third-order valence-electron chi connectivity index (χ3n) is 4.36. The number of carbonyl (C=O) groups is 1. The zero-order valence-corrected chi connectivity index (χ0v) is 16.4. The number of rotatable bonds is 6. The molecule has 0 saturated carbocycles. The second kappa shape index (κ2) is 8.98. The van der Waals surface area contributed by atoms with Crippen LogP contribution in [0.1, 0.15) is 11.3 Å². The van der Waals surface area contributed by atoms with Crippen molar-refractivity contribution in [3.63, 3.8) is 0 Å². The first-order valence-electron chi connectivity index (χ1n) is 8.91. The molecule has 0 radical (unpaired) electrons. The third kappa shape index (κ3) is 4.88. The van der Waals surface area contributed by atoms with E-state index in [0.29, 0.717) is 27.5 Å². The van der Waals surface area contributed by atoms with Gasteiger partial charge < -0.3 is 10.4 Å². The van der Waals surface area contributed by atoms with Crippen LogP contribution in [0.5, 0.6) is 0 Å². The maximum atomic E-state index is 13.3. The number of halogens is 2. The lowest BCUT2D eigenvalue weighted by molar-refractivity contribution is -0.116. The molecule has 2 aromatic carbocycles. The molecule has 0 bridgehead atoms. The summed E-state index contributed by atoms with van der Waals surface area (Å²) in [7, 11) is 0. The molecular formula is C21H19ClFN3O3. The van der Waals surface area contributed by atoms with Gasteiger partial charge in [-0.3, -0.25) is 14.2 Å². The fourth-order valence-corrected chi connectivity index (χ4v) is 3.07. The molecule has 0 aliphatic heterocycles. The van der Waals surface area contributed by atoms with Crippen molar-refractivity contribution in [1.29, 1.82) is 0 Å². The highest BCUT2D eigenvalue weighted by Crippen LogP contribution is 2.19. The van der Waals surface area contributed by atoms with Gasteiger partial charge >= 0.3 is 0 Å². The molecule has 0 spiro atoms. The summed E-state index contributed by atoms with van der Waals surface area (Å²) in [6.07, 6.45) is 0.125. The van der Waals surface area contributed by atoms with Gasteiger partial charge in [0.2, 0.25) is 5.91 Å². The predicted molar refractivity (Wildman–Crippen MR) is 109 cm³/mol. The van der Waals surface area contributed by atoms with Gasteiger partial charge in [0, 0.05) is 40.6 Å². The highest BCUT2D eigenvalue weighted by atomic mass is 35.5. The second-order valence-corrected chi connectivity index (χ2v) is 6.86. The number of amides is 1. The molecule has 6 nitrogen and oxygen atoms in total. The van der Waals surface area contributed by atoms with Crippen LogP contribution in [0.3, 0.4) is 0 Å². The average molecular weight is 416 g/mol. The van der Waals surface area contributed by atoms with Crippen LogP contribution in [0.2, 0.25) is 5.02 Å². The van der Waals surface area contributed by atoms with Crippen LogP contribution in [0, 0.1) is 12.7 Å². The van der Waals surface area contributed by atoms with Crippen LogP contribution < -0.4 is 10.9 Å². The highest BCUT2D eigenvalue weighted by Gasteiger charge is 2.18. The van der Waals surface area contributed by atoms with E-state index in [2.05, 4.69) is 10.3 Å². The van der Waals surface area contributed by atoms with Crippen molar-refractivity contribution in [3.8, 4) is 11.4 Å². The fraction of sp³-hybridized carbons (Fsp3) is 0.190. The maximum absolute atomic E-state index is 13.3. The van der Waals surface area contributed by atoms with Crippen LogP contribution >= 0.6 is 11.6 Å². The largest absolute Gasteiger partial charge is 0.396 e. The Morgan fingerprint density at radius 3 is 2.45 bits per heavy atom. The van der Waals surface area contributed by atoms with Crippen LogP contribution in [0.25, 0.3) is 11.4 Å². The number of aliphatic hydroxyl groups excluding tert-OH is 1.